The van der Waals surface area contributed by atoms with Crippen molar-refractivity contribution < 1.29 is 24.0 Å². The van der Waals surface area contributed by atoms with Gasteiger partial charge in [-0.25, -0.2) is 9.59 Å². The summed E-state index contributed by atoms with van der Waals surface area (Å²) in [5.41, 5.74) is -0.418. The fraction of sp³-hybridized carbons (Fsp3) is 0.133. The van der Waals surface area contributed by atoms with Crippen LogP contribution in [0.2, 0.25) is 5.02 Å². The fourth-order valence-corrected chi connectivity index (χ4v) is 2.68. The standard InChI is InChI=1S/C15H12ClN3O6S/c16-12-6-9(19(23)24)3-4-11(12)14(21)25-8-13(20)18-15(22)17-7-10-2-1-5-26-10/h1-6H,7-8H2,(H2,17,18,20,22). The molecular weight excluding hydrogens is 386 g/mol. The number of nitro groups is 1. The van der Waals surface area contributed by atoms with Crippen molar-refractivity contribution in [3.63, 3.8) is 0 Å². The van der Waals surface area contributed by atoms with Crippen molar-refractivity contribution in [2.75, 3.05) is 6.61 Å². The van der Waals surface area contributed by atoms with E-state index >= 15 is 0 Å². The molecule has 0 unspecified atom stereocenters. The summed E-state index contributed by atoms with van der Waals surface area (Å²) in [6.45, 7) is -0.451. The molecular formula is C15H12ClN3O6S. The van der Waals surface area contributed by atoms with Gasteiger partial charge >= 0.3 is 12.0 Å². The Bertz CT molecular complexity index is 840. The number of urea groups is 1. The third kappa shape index (κ3) is 5.53. The Morgan fingerprint density at radius 2 is 2.04 bits per heavy atom. The second-order valence-electron chi connectivity index (χ2n) is 4.81. The van der Waals surface area contributed by atoms with Gasteiger partial charge in [0.25, 0.3) is 11.6 Å². The van der Waals surface area contributed by atoms with Gasteiger partial charge in [-0.05, 0) is 17.5 Å². The summed E-state index contributed by atoms with van der Waals surface area (Å²) < 4.78 is 4.74. The summed E-state index contributed by atoms with van der Waals surface area (Å²) in [4.78, 5) is 45.9. The SMILES string of the molecule is O=C(COC(=O)c1ccc([N+](=O)[O-])cc1Cl)NC(=O)NCc1cccs1. The van der Waals surface area contributed by atoms with Crippen molar-refractivity contribution in [3.8, 4) is 0 Å². The molecule has 0 atom stereocenters. The number of ether oxygens (including phenoxy) is 1. The second kappa shape index (κ2) is 8.92. The highest BCUT2D eigenvalue weighted by molar-refractivity contribution is 7.09. The number of rotatable bonds is 6. The number of imide groups is 1. The number of thiophene rings is 1. The molecule has 26 heavy (non-hydrogen) atoms. The summed E-state index contributed by atoms with van der Waals surface area (Å²) >= 11 is 7.24. The largest absolute Gasteiger partial charge is 0.452 e. The summed E-state index contributed by atoms with van der Waals surface area (Å²) in [6.07, 6.45) is 0. The van der Waals surface area contributed by atoms with Gasteiger partial charge in [0.2, 0.25) is 0 Å². The number of halogens is 1. The predicted molar refractivity (Wildman–Crippen MR) is 93.1 cm³/mol. The Hall–Kier alpha value is -2.98. The van der Waals surface area contributed by atoms with Crippen LogP contribution in [0.25, 0.3) is 0 Å². The second-order valence-corrected chi connectivity index (χ2v) is 6.25. The molecule has 136 valence electrons. The molecule has 9 nitrogen and oxygen atoms in total. The van der Waals surface area contributed by atoms with Crippen molar-refractivity contribution in [1.82, 2.24) is 10.6 Å². The fourth-order valence-electron chi connectivity index (χ4n) is 1.78. The van der Waals surface area contributed by atoms with Crippen LogP contribution in [0.4, 0.5) is 10.5 Å². The number of carbonyl (C=O) groups is 3. The normalized spacial score (nSPS) is 10.0. The average molecular weight is 398 g/mol. The molecule has 0 spiro atoms. The third-order valence-electron chi connectivity index (χ3n) is 2.97. The highest BCUT2D eigenvalue weighted by Gasteiger charge is 2.17. The van der Waals surface area contributed by atoms with Gasteiger partial charge in [-0.1, -0.05) is 17.7 Å². The van der Waals surface area contributed by atoms with E-state index in [1.165, 1.54) is 11.3 Å². The number of benzene rings is 1. The summed E-state index contributed by atoms with van der Waals surface area (Å²) in [5.74, 6) is -1.78. The Labute approximate surface area is 156 Å². The Morgan fingerprint density at radius 1 is 1.27 bits per heavy atom. The van der Waals surface area contributed by atoms with Crippen LogP contribution in [0.3, 0.4) is 0 Å². The zero-order chi connectivity index (χ0) is 19.1. The maximum atomic E-state index is 11.9. The monoisotopic (exact) mass is 397 g/mol. The number of nitrogens with zero attached hydrogens (tertiary/aromatic N) is 1. The van der Waals surface area contributed by atoms with Crippen LogP contribution in [0.15, 0.2) is 35.7 Å². The van der Waals surface area contributed by atoms with E-state index in [2.05, 4.69) is 5.32 Å². The van der Waals surface area contributed by atoms with Crippen molar-refractivity contribution in [2.24, 2.45) is 0 Å². The predicted octanol–water partition coefficient (Wildman–Crippen LogP) is 2.49. The number of nitrogens with one attached hydrogen (secondary N) is 2. The summed E-state index contributed by atoms with van der Waals surface area (Å²) in [6, 6.07) is 6.12. The first-order chi connectivity index (χ1) is 12.4. The van der Waals surface area contributed by atoms with E-state index in [1.54, 1.807) is 0 Å². The van der Waals surface area contributed by atoms with Crippen molar-refractivity contribution in [3.05, 3.63) is 61.3 Å². The lowest BCUT2D eigenvalue weighted by Gasteiger charge is -2.07. The van der Waals surface area contributed by atoms with Crippen LogP contribution in [0.1, 0.15) is 15.2 Å². The molecule has 0 radical (unpaired) electrons. The molecule has 0 aliphatic heterocycles. The molecule has 0 bridgehead atoms. The summed E-state index contributed by atoms with van der Waals surface area (Å²) in [7, 11) is 0. The molecule has 2 aromatic rings. The zero-order valence-electron chi connectivity index (χ0n) is 13.1. The van der Waals surface area contributed by atoms with Gasteiger partial charge in [-0.3, -0.25) is 20.2 Å². The molecule has 0 fully saturated rings. The van der Waals surface area contributed by atoms with Crippen molar-refractivity contribution in [1.29, 1.82) is 0 Å². The molecule has 0 aliphatic rings. The number of nitro benzene ring substituents is 1. The van der Waals surface area contributed by atoms with Gasteiger partial charge < -0.3 is 10.1 Å². The third-order valence-corrected chi connectivity index (χ3v) is 4.16. The number of carbonyl (C=O) groups excluding carboxylic acids is 3. The maximum Gasteiger partial charge on any atom is 0.340 e. The number of non-ortho nitro benzene ring substituents is 1. The van der Waals surface area contributed by atoms with E-state index in [0.717, 1.165) is 23.1 Å². The molecule has 0 aliphatic carbocycles. The molecule has 0 saturated heterocycles. The highest BCUT2D eigenvalue weighted by Crippen LogP contribution is 2.23. The lowest BCUT2D eigenvalue weighted by molar-refractivity contribution is -0.384. The number of hydrogen-bond donors (Lipinski definition) is 2. The average Bonchev–Trinajstić information content (AvgIpc) is 3.11. The molecule has 2 rings (SSSR count). The van der Waals surface area contributed by atoms with Gasteiger partial charge in [0, 0.05) is 17.0 Å². The first kappa shape index (κ1) is 19.3. The quantitative estimate of drug-likeness (QED) is 0.438. The van der Waals surface area contributed by atoms with Crippen LogP contribution >= 0.6 is 22.9 Å². The van der Waals surface area contributed by atoms with E-state index in [4.69, 9.17) is 16.3 Å². The summed E-state index contributed by atoms with van der Waals surface area (Å²) in [5, 5.41) is 16.8. The van der Waals surface area contributed by atoms with Gasteiger partial charge in [-0.2, -0.15) is 0 Å². The zero-order valence-corrected chi connectivity index (χ0v) is 14.6. The van der Waals surface area contributed by atoms with Crippen LogP contribution in [0.5, 0.6) is 0 Å². The molecule has 0 saturated carbocycles. The molecule has 1 heterocycles. The lowest BCUT2D eigenvalue weighted by Crippen LogP contribution is -2.41. The Balaban J connectivity index is 1.80. The van der Waals surface area contributed by atoms with E-state index < -0.39 is 29.4 Å². The maximum absolute atomic E-state index is 11.9. The van der Waals surface area contributed by atoms with Crippen molar-refractivity contribution >= 4 is 46.5 Å². The minimum Gasteiger partial charge on any atom is -0.452 e. The van der Waals surface area contributed by atoms with Crippen LogP contribution in [-0.4, -0.2) is 29.4 Å². The van der Waals surface area contributed by atoms with Crippen molar-refractivity contribution in [2.45, 2.75) is 6.54 Å². The van der Waals surface area contributed by atoms with Crippen LogP contribution < -0.4 is 10.6 Å². The van der Waals surface area contributed by atoms with Gasteiger partial charge in [0.05, 0.1) is 22.1 Å². The molecule has 1 aromatic heterocycles. The topological polar surface area (TPSA) is 128 Å². The smallest absolute Gasteiger partial charge is 0.340 e. The Morgan fingerprint density at radius 3 is 2.65 bits per heavy atom. The molecule has 3 amide bonds. The minimum absolute atomic E-state index is 0.132. The minimum atomic E-state index is -0.945. The highest BCUT2D eigenvalue weighted by atomic mass is 35.5. The van der Waals surface area contributed by atoms with Gasteiger partial charge in [0.1, 0.15) is 0 Å². The van der Waals surface area contributed by atoms with Gasteiger partial charge in [-0.15, -0.1) is 11.3 Å². The molecule has 2 N–H and O–H groups in total. The van der Waals surface area contributed by atoms with Gasteiger partial charge in [0.15, 0.2) is 6.61 Å². The molecule has 11 heteroatoms. The lowest BCUT2D eigenvalue weighted by atomic mass is 10.2. The van der Waals surface area contributed by atoms with Crippen LogP contribution in [0, 0.1) is 10.1 Å². The number of amides is 3. The first-order valence-corrected chi connectivity index (χ1v) is 8.33. The van der Waals surface area contributed by atoms with E-state index in [0.29, 0.717) is 0 Å². The Kier molecular flexibility index (Phi) is 6.64. The van der Waals surface area contributed by atoms with E-state index in [9.17, 15) is 24.5 Å². The number of esters is 1. The van der Waals surface area contributed by atoms with E-state index in [-0.39, 0.29) is 22.8 Å². The first-order valence-electron chi connectivity index (χ1n) is 7.08. The number of hydrogen-bond acceptors (Lipinski definition) is 7. The van der Waals surface area contributed by atoms with Crippen LogP contribution in [-0.2, 0) is 16.1 Å². The molecule has 1 aromatic carbocycles. The van der Waals surface area contributed by atoms with E-state index in [1.807, 2.05) is 22.8 Å².